The zero-order chi connectivity index (χ0) is 14.6. The van der Waals surface area contributed by atoms with Gasteiger partial charge in [0.2, 0.25) is 0 Å². The van der Waals surface area contributed by atoms with E-state index in [-0.39, 0.29) is 6.04 Å². The molecule has 0 fully saturated rings. The van der Waals surface area contributed by atoms with Crippen LogP contribution in [0.1, 0.15) is 18.8 Å². The summed E-state index contributed by atoms with van der Waals surface area (Å²) in [6.07, 6.45) is 6.72. The molecule has 4 aromatic rings. The van der Waals surface area contributed by atoms with E-state index in [0.29, 0.717) is 10.8 Å². The van der Waals surface area contributed by atoms with E-state index in [1.54, 1.807) is 38.8 Å². The van der Waals surface area contributed by atoms with Crippen molar-refractivity contribution in [2.75, 3.05) is 0 Å². The molecule has 0 bridgehead atoms. The lowest BCUT2D eigenvalue weighted by Gasteiger charge is -2.06. The molecule has 4 rings (SSSR count). The van der Waals surface area contributed by atoms with Crippen LogP contribution in [0.3, 0.4) is 0 Å². The second kappa shape index (κ2) is 4.26. The third-order valence-corrected chi connectivity index (χ3v) is 3.62. The maximum Gasteiger partial charge on any atom is 0.176 e. The highest BCUT2D eigenvalue weighted by Gasteiger charge is 2.17. The molecule has 9 heteroatoms. The number of nitrogens with zero attached hydrogens (tertiary/aromatic N) is 8. The van der Waals surface area contributed by atoms with Crippen molar-refractivity contribution in [2.24, 2.45) is 7.05 Å². The summed E-state index contributed by atoms with van der Waals surface area (Å²) < 4.78 is 5.09. The first-order valence-electron chi connectivity index (χ1n) is 6.36. The van der Waals surface area contributed by atoms with Gasteiger partial charge in [-0.2, -0.15) is 10.2 Å². The van der Waals surface area contributed by atoms with E-state index in [1.165, 1.54) is 0 Å². The fourth-order valence-electron chi connectivity index (χ4n) is 2.28. The molecular weight excluding hydrogens is 292 g/mol. The van der Waals surface area contributed by atoms with Crippen molar-refractivity contribution in [3.05, 3.63) is 35.8 Å². The van der Waals surface area contributed by atoms with Crippen LogP contribution >= 0.6 is 11.6 Å². The minimum atomic E-state index is -0.121. The van der Waals surface area contributed by atoms with Gasteiger partial charge >= 0.3 is 0 Å². The highest BCUT2D eigenvalue weighted by molar-refractivity contribution is 6.30. The minimum absolute atomic E-state index is 0.121. The van der Waals surface area contributed by atoms with Crippen molar-refractivity contribution in [2.45, 2.75) is 13.0 Å². The summed E-state index contributed by atoms with van der Waals surface area (Å²) >= 11 is 5.90. The Morgan fingerprint density at radius 1 is 1.19 bits per heavy atom. The quantitative estimate of drug-likeness (QED) is 0.560. The van der Waals surface area contributed by atoms with Crippen LogP contribution < -0.4 is 0 Å². The second-order valence-electron chi connectivity index (χ2n) is 4.80. The van der Waals surface area contributed by atoms with Crippen LogP contribution in [0.15, 0.2) is 24.9 Å². The van der Waals surface area contributed by atoms with Crippen molar-refractivity contribution >= 4 is 28.3 Å². The first-order valence-corrected chi connectivity index (χ1v) is 6.74. The van der Waals surface area contributed by atoms with E-state index < -0.39 is 0 Å². The van der Waals surface area contributed by atoms with Crippen LogP contribution in [0.4, 0.5) is 0 Å². The summed E-state index contributed by atoms with van der Waals surface area (Å²) in [5.74, 6) is 0.646. The average Bonchev–Trinajstić information content (AvgIpc) is 3.16. The molecule has 0 saturated heterocycles. The summed E-state index contributed by atoms with van der Waals surface area (Å²) in [7, 11) is 1.84. The summed E-state index contributed by atoms with van der Waals surface area (Å²) in [4.78, 5) is 8.93. The van der Waals surface area contributed by atoms with E-state index in [4.69, 9.17) is 11.6 Å². The first-order chi connectivity index (χ1) is 10.1. The molecule has 4 heterocycles. The molecule has 0 spiro atoms. The Balaban J connectivity index is 1.88. The number of aromatic nitrogens is 8. The number of hydrogen-bond acceptors (Lipinski definition) is 5. The molecule has 0 aromatic carbocycles. The number of aryl methyl sites for hydroxylation is 1. The van der Waals surface area contributed by atoms with Gasteiger partial charge in [-0.25, -0.2) is 14.5 Å². The van der Waals surface area contributed by atoms with Gasteiger partial charge in [0.25, 0.3) is 0 Å². The number of rotatable bonds is 2. The smallest absolute Gasteiger partial charge is 0.176 e. The lowest BCUT2D eigenvalue weighted by Crippen LogP contribution is -2.09. The SMILES string of the molecule is CC(c1nc2c3cnn(C)c3ncn2n1)n1cc(Cl)cn1. The average molecular weight is 303 g/mol. The fourth-order valence-corrected chi connectivity index (χ4v) is 2.42. The second-order valence-corrected chi connectivity index (χ2v) is 5.24. The molecule has 0 aliphatic rings. The topological polar surface area (TPSA) is 78.7 Å². The highest BCUT2D eigenvalue weighted by atomic mass is 35.5. The Morgan fingerprint density at radius 2 is 2.05 bits per heavy atom. The maximum absolute atomic E-state index is 5.90. The molecule has 106 valence electrons. The third kappa shape index (κ3) is 1.79. The van der Waals surface area contributed by atoms with Crippen molar-refractivity contribution in [1.82, 2.24) is 39.1 Å². The Morgan fingerprint density at radius 3 is 2.81 bits per heavy atom. The number of hydrogen-bond donors (Lipinski definition) is 0. The molecule has 0 radical (unpaired) electrons. The summed E-state index contributed by atoms with van der Waals surface area (Å²) in [5, 5.41) is 14.3. The van der Waals surface area contributed by atoms with Gasteiger partial charge in [-0.05, 0) is 6.92 Å². The van der Waals surface area contributed by atoms with E-state index >= 15 is 0 Å². The molecule has 1 unspecified atom stereocenters. The van der Waals surface area contributed by atoms with Crippen LogP contribution in [-0.4, -0.2) is 39.1 Å². The van der Waals surface area contributed by atoms with Gasteiger partial charge in [0.15, 0.2) is 17.1 Å². The van der Waals surface area contributed by atoms with Gasteiger partial charge in [0.05, 0.1) is 22.8 Å². The molecular formula is C12H11ClN8. The Hall–Kier alpha value is -2.48. The van der Waals surface area contributed by atoms with Gasteiger partial charge in [0.1, 0.15) is 12.4 Å². The first kappa shape index (κ1) is 12.3. The molecule has 8 nitrogen and oxygen atoms in total. The van der Waals surface area contributed by atoms with Crippen molar-refractivity contribution in [1.29, 1.82) is 0 Å². The molecule has 21 heavy (non-hydrogen) atoms. The maximum atomic E-state index is 5.90. The molecule has 0 aliphatic carbocycles. The fraction of sp³-hybridized carbons (Fsp3) is 0.250. The highest BCUT2D eigenvalue weighted by Crippen LogP contribution is 2.20. The van der Waals surface area contributed by atoms with Gasteiger partial charge < -0.3 is 0 Å². The molecule has 0 N–H and O–H groups in total. The minimum Gasteiger partial charge on any atom is -0.261 e. The van der Waals surface area contributed by atoms with Crippen LogP contribution in [-0.2, 0) is 7.05 Å². The lowest BCUT2D eigenvalue weighted by atomic mass is 10.3. The van der Waals surface area contributed by atoms with Crippen molar-refractivity contribution < 1.29 is 0 Å². The van der Waals surface area contributed by atoms with Gasteiger partial charge in [-0.3, -0.25) is 9.36 Å². The summed E-state index contributed by atoms with van der Waals surface area (Å²) in [5.41, 5.74) is 1.50. The molecule has 0 amide bonds. The molecule has 0 saturated carbocycles. The van der Waals surface area contributed by atoms with Gasteiger partial charge in [-0.1, -0.05) is 11.6 Å². The normalized spacial score (nSPS) is 13.3. The van der Waals surface area contributed by atoms with Crippen LogP contribution in [0.2, 0.25) is 5.02 Å². The molecule has 0 aliphatic heterocycles. The molecule has 4 aromatic heterocycles. The number of halogens is 1. The Kier molecular flexibility index (Phi) is 2.49. The summed E-state index contributed by atoms with van der Waals surface area (Å²) in [6, 6.07) is -0.121. The zero-order valence-corrected chi connectivity index (χ0v) is 12.1. The van der Waals surface area contributed by atoms with E-state index in [1.807, 2.05) is 14.0 Å². The van der Waals surface area contributed by atoms with Crippen LogP contribution in [0.25, 0.3) is 16.7 Å². The lowest BCUT2D eigenvalue weighted by molar-refractivity contribution is 0.536. The Bertz CT molecular complexity index is 949. The predicted octanol–water partition coefficient (Wildman–Crippen LogP) is 1.47. The third-order valence-electron chi connectivity index (χ3n) is 3.43. The Labute approximate surface area is 124 Å². The standard InChI is InChI=1S/C12H11ClN8/c1-7(20-5-8(13)3-16-20)10-17-12-9-4-15-19(2)11(9)14-6-21(12)18-10/h3-7H,1-2H3. The van der Waals surface area contributed by atoms with Crippen LogP contribution in [0, 0.1) is 0 Å². The zero-order valence-electron chi connectivity index (χ0n) is 11.3. The van der Waals surface area contributed by atoms with Crippen LogP contribution in [0.5, 0.6) is 0 Å². The number of fused-ring (bicyclic) bond motifs is 3. The van der Waals surface area contributed by atoms with Gasteiger partial charge in [0, 0.05) is 13.2 Å². The largest absolute Gasteiger partial charge is 0.261 e. The molecule has 1 atom stereocenters. The van der Waals surface area contributed by atoms with E-state index in [2.05, 4.69) is 25.3 Å². The van der Waals surface area contributed by atoms with E-state index in [0.717, 1.165) is 16.7 Å². The van der Waals surface area contributed by atoms with Gasteiger partial charge in [-0.15, -0.1) is 5.10 Å². The van der Waals surface area contributed by atoms with Crippen molar-refractivity contribution in [3.63, 3.8) is 0 Å². The summed E-state index contributed by atoms with van der Waals surface area (Å²) in [6.45, 7) is 1.96. The monoisotopic (exact) mass is 302 g/mol. The van der Waals surface area contributed by atoms with E-state index in [9.17, 15) is 0 Å². The predicted molar refractivity (Wildman–Crippen MR) is 76.1 cm³/mol. The van der Waals surface area contributed by atoms with Crippen molar-refractivity contribution in [3.8, 4) is 0 Å².